The van der Waals surface area contributed by atoms with Crippen LogP contribution in [0.15, 0.2) is 0 Å². The zero-order chi connectivity index (χ0) is 15.9. The fourth-order valence-corrected chi connectivity index (χ4v) is 2.14. The Morgan fingerprint density at radius 2 is 1.95 bits per heavy atom. The Bertz CT molecular complexity index is 361. The van der Waals surface area contributed by atoms with Crippen molar-refractivity contribution >= 4 is 11.9 Å². The molecule has 2 atom stereocenters. The fourth-order valence-electron chi connectivity index (χ4n) is 2.14. The molecule has 122 valence electrons. The molecule has 0 heterocycles. The lowest BCUT2D eigenvalue weighted by molar-refractivity contribution is -0.188. The minimum absolute atomic E-state index is 0.280. The van der Waals surface area contributed by atoms with Gasteiger partial charge in [-0.1, -0.05) is 0 Å². The largest absolute Gasteiger partial charge is 0.480 e. The smallest absolute Gasteiger partial charge is 0.411 e. The number of nitrogens with one attached hydrogen (secondary N) is 1. The number of halogens is 3. The van der Waals surface area contributed by atoms with Crippen LogP contribution in [0.3, 0.4) is 0 Å². The predicted octanol–water partition coefficient (Wildman–Crippen LogP) is 1.09. The highest BCUT2D eigenvalue weighted by molar-refractivity contribution is 5.78. The molecule has 0 spiro atoms. The van der Waals surface area contributed by atoms with Crippen LogP contribution in [0.4, 0.5) is 13.2 Å². The summed E-state index contributed by atoms with van der Waals surface area (Å²) in [4.78, 5) is 21.7. The lowest BCUT2D eigenvalue weighted by Gasteiger charge is -2.30. The first-order valence-corrected chi connectivity index (χ1v) is 6.53. The van der Waals surface area contributed by atoms with Crippen LogP contribution >= 0.6 is 0 Å². The molecule has 1 rings (SSSR count). The number of rotatable bonds is 7. The number of carboxylic acids is 1. The molecule has 9 heteroatoms. The molecule has 1 saturated carbocycles. The standard InChI is InChI=1S/C12H18F3NO5/c13-12(14,15)7-21-9-3-1-2-8(4-9)16-10(17)5-20-6-11(18)19/h8-9H,1-7H2,(H,16,17)(H,18,19). The third-order valence-electron chi connectivity index (χ3n) is 2.93. The van der Waals surface area contributed by atoms with Crippen LogP contribution in [0.2, 0.25) is 0 Å². The van der Waals surface area contributed by atoms with E-state index >= 15 is 0 Å². The molecule has 1 aliphatic rings. The number of carboxylic acid groups (broad SMARTS) is 1. The molecule has 0 bridgehead atoms. The molecule has 0 aliphatic heterocycles. The van der Waals surface area contributed by atoms with Gasteiger partial charge in [-0.25, -0.2) is 4.79 Å². The van der Waals surface area contributed by atoms with E-state index in [1.807, 2.05) is 0 Å². The molecule has 0 aromatic heterocycles. The van der Waals surface area contributed by atoms with Gasteiger partial charge in [0.15, 0.2) is 0 Å². The molecule has 0 aromatic carbocycles. The van der Waals surface area contributed by atoms with E-state index in [9.17, 15) is 22.8 Å². The second-order valence-electron chi connectivity index (χ2n) is 4.87. The molecule has 1 fully saturated rings. The van der Waals surface area contributed by atoms with E-state index in [-0.39, 0.29) is 6.04 Å². The molecule has 6 nitrogen and oxygen atoms in total. The maximum atomic E-state index is 12.1. The van der Waals surface area contributed by atoms with Gasteiger partial charge in [0.2, 0.25) is 5.91 Å². The van der Waals surface area contributed by atoms with E-state index < -0.39 is 44.0 Å². The minimum Gasteiger partial charge on any atom is -0.480 e. The number of aliphatic carboxylic acids is 1. The average Bonchev–Trinajstić information content (AvgIpc) is 2.35. The van der Waals surface area contributed by atoms with Crippen molar-refractivity contribution < 1.29 is 37.3 Å². The Kier molecular flexibility index (Phi) is 6.90. The van der Waals surface area contributed by atoms with Crippen molar-refractivity contribution in [3.05, 3.63) is 0 Å². The third kappa shape index (κ3) is 8.51. The summed E-state index contributed by atoms with van der Waals surface area (Å²) in [5.74, 6) is -1.67. The Morgan fingerprint density at radius 1 is 1.24 bits per heavy atom. The molecule has 2 unspecified atom stereocenters. The summed E-state index contributed by atoms with van der Waals surface area (Å²) in [6.45, 7) is -2.26. The minimum atomic E-state index is -4.36. The van der Waals surface area contributed by atoms with Crippen molar-refractivity contribution in [3.63, 3.8) is 0 Å². The van der Waals surface area contributed by atoms with Crippen LogP contribution in [0.25, 0.3) is 0 Å². The summed E-state index contributed by atoms with van der Waals surface area (Å²) in [6, 6.07) is -0.280. The predicted molar refractivity (Wildman–Crippen MR) is 64.6 cm³/mol. The monoisotopic (exact) mass is 313 g/mol. The Hall–Kier alpha value is -1.35. The van der Waals surface area contributed by atoms with Gasteiger partial charge in [-0.15, -0.1) is 0 Å². The van der Waals surface area contributed by atoms with Gasteiger partial charge < -0.3 is 19.9 Å². The van der Waals surface area contributed by atoms with Crippen LogP contribution < -0.4 is 5.32 Å². The van der Waals surface area contributed by atoms with Crippen molar-refractivity contribution in [2.75, 3.05) is 19.8 Å². The number of amides is 1. The fraction of sp³-hybridized carbons (Fsp3) is 0.833. The lowest BCUT2D eigenvalue weighted by atomic mass is 9.93. The quantitative estimate of drug-likeness (QED) is 0.735. The molecule has 0 aromatic rings. The van der Waals surface area contributed by atoms with Crippen LogP contribution in [0, 0.1) is 0 Å². The molecule has 1 amide bonds. The number of hydrogen-bond donors (Lipinski definition) is 2. The highest BCUT2D eigenvalue weighted by Gasteiger charge is 2.31. The first-order valence-electron chi connectivity index (χ1n) is 6.53. The maximum absolute atomic E-state index is 12.1. The van der Waals surface area contributed by atoms with Crippen molar-refractivity contribution in [1.82, 2.24) is 5.32 Å². The van der Waals surface area contributed by atoms with Crippen LogP contribution in [-0.2, 0) is 19.1 Å². The second-order valence-corrected chi connectivity index (χ2v) is 4.87. The highest BCUT2D eigenvalue weighted by Crippen LogP contribution is 2.24. The van der Waals surface area contributed by atoms with Gasteiger partial charge in [0.05, 0.1) is 6.10 Å². The molecular formula is C12H18F3NO5. The summed E-state index contributed by atoms with van der Waals surface area (Å²) >= 11 is 0. The van der Waals surface area contributed by atoms with Gasteiger partial charge >= 0.3 is 12.1 Å². The number of ether oxygens (including phenoxy) is 2. The van der Waals surface area contributed by atoms with Crippen LogP contribution in [0.1, 0.15) is 25.7 Å². The van der Waals surface area contributed by atoms with E-state index in [0.717, 1.165) is 0 Å². The number of alkyl halides is 3. The normalized spacial score (nSPS) is 22.8. The van der Waals surface area contributed by atoms with Crippen LogP contribution in [-0.4, -0.2) is 55.1 Å². The number of carbonyl (C=O) groups excluding carboxylic acids is 1. The van der Waals surface area contributed by atoms with E-state index in [1.54, 1.807) is 0 Å². The molecule has 0 saturated heterocycles. The first kappa shape index (κ1) is 17.7. The van der Waals surface area contributed by atoms with Crippen molar-refractivity contribution in [1.29, 1.82) is 0 Å². The van der Waals surface area contributed by atoms with Gasteiger partial charge in [0, 0.05) is 6.04 Å². The van der Waals surface area contributed by atoms with Gasteiger partial charge in [-0.3, -0.25) is 4.79 Å². The Balaban J connectivity index is 2.25. The molecule has 0 radical (unpaired) electrons. The molecule has 21 heavy (non-hydrogen) atoms. The second kappa shape index (κ2) is 8.18. The zero-order valence-corrected chi connectivity index (χ0v) is 11.3. The number of hydrogen-bond acceptors (Lipinski definition) is 4. The summed E-state index contributed by atoms with van der Waals surface area (Å²) in [7, 11) is 0. The maximum Gasteiger partial charge on any atom is 0.411 e. The van der Waals surface area contributed by atoms with Crippen LogP contribution in [0.5, 0.6) is 0 Å². The van der Waals surface area contributed by atoms with Gasteiger partial charge in [-0.05, 0) is 25.7 Å². The summed E-state index contributed by atoms with van der Waals surface area (Å²) < 4.78 is 45.6. The number of carbonyl (C=O) groups is 2. The van der Waals surface area contributed by atoms with Gasteiger partial charge in [-0.2, -0.15) is 13.2 Å². The van der Waals surface area contributed by atoms with Gasteiger partial charge in [0.1, 0.15) is 19.8 Å². The summed E-state index contributed by atoms with van der Waals surface area (Å²) in [5, 5.41) is 10.9. The van der Waals surface area contributed by atoms with Crippen molar-refractivity contribution in [2.24, 2.45) is 0 Å². The highest BCUT2D eigenvalue weighted by atomic mass is 19.4. The van der Waals surface area contributed by atoms with E-state index in [1.165, 1.54) is 0 Å². The Morgan fingerprint density at radius 3 is 2.57 bits per heavy atom. The summed E-state index contributed by atoms with van der Waals surface area (Å²) in [6.07, 6.45) is -2.76. The molecular weight excluding hydrogens is 295 g/mol. The van der Waals surface area contributed by atoms with Crippen molar-refractivity contribution in [3.8, 4) is 0 Å². The zero-order valence-electron chi connectivity index (χ0n) is 11.3. The van der Waals surface area contributed by atoms with Gasteiger partial charge in [0.25, 0.3) is 0 Å². The van der Waals surface area contributed by atoms with E-state index in [0.29, 0.717) is 25.7 Å². The SMILES string of the molecule is O=C(O)COCC(=O)NC1CCCC(OCC(F)(F)F)C1. The lowest BCUT2D eigenvalue weighted by Crippen LogP contribution is -2.42. The van der Waals surface area contributed by atoms with E-state index in [2.05, 4.69) is 10.1 Å². The average molecular weight is 313 g/mol. The Labute approximate surface area is 119 Å². The molecule has 2 N–H and O–H groups in total. The topological polar surface area (TPSA) is 84.9 Å². The van der Waals surface area contributed by atoms with E-state index in [4.69, 9.17) is 9.84 Å². The summed E-state index contributed by atoms with van der Waals surface area (Å²) in [5.41, 5.74) is 0. The first-order chi connectivity index (χ1) is 9.76. The third-order valence-corrected chi connectivity index (χ3v) is 2.93. The van der Waals surface area contributed by atoms with Crippen molar-refractivity contribution in [2.45, 2.75) is 44.0 Å². The molecule has 1 aliphatic carbocycles.